The van der Waals surface area contributed by atoms with E-state index in [4.69, 9.17) is 19.4 Å². The first-order valence-electron chi connectivity index (χ1n) is 25.2. The molecule has 4 aromatic carbocycles. The summed E-state index contributed by atoms with van der Waals surface area (Å²) in [6.45, 7) is 13.0. The molecule has 0 saturated carbocycles. The van der Waals surface area contributed by atoms with E-state index in [9.17, 15) is 47.8 Å². The average Bonchev–Trinajstić information content (AvgIpc) is 4.00. The molecule has 4 N–H and O–H groups in total. The van der Waals surface area contributed by atoms with Crippen LogP contribution in [0.25, 0.3) is 0 Å². The number of halogens is 3. The van der Waals surface area contributed by atoms with Gasteiger partial charge in [0, 0.05) is 83.6 Å². The fourth-order valence-electron chi connectivity index (χ4n) is 11.1. The number of carbonyl (C=O) groups excluding carboxylic acids is 1. The number of nitrogens with zero attached hydrogens (tertiary/aromatic N) is 3. The number of benzene rings is 4. The van der Waals surface area contributed by atoms with Gasteiger partial charge in [-0.15, -0.1) is 0 Å². The minimum Gasteiger partial charge on any atom is -0.744 e. The zero-order chi connectivity index (χ0) is 56.8. The second-order valence-corrected chi connectivity index (χ2v) is 26.0. The van der Waals surface area contributed by atoms with Crippen LogP contribution in [-0.2, 0) is 68.2 Å². The highest BCUT2D eigenvalue weighted by atomic mass is 32.2. The van der Waals surface area contributed by atoms with Crippen LogP contribution >= 0.6 is 0 Å². The zero-order valence-electron chi connectivity index (χ0n) is 43.9. The van der Waals surface area contributed by atoms with Crippen LogP contribution in [0.15, 0.2) is 113 Å². The number of rotatable bonds is 18. The second kappa shape index (κ2) is 22.1. The van der Waals surface area contributed by atoms with E-state index in [-0.39, 0.29) is 29.4 Å². The molecule has 0 saturated heterocycles. The third kappa shape index (κ3) is 13.2. The first kappa shape index (κ1) is 57.9. The van der Waals surface area contributed by atoms with Gasteiger partial charge in [0.25, 0.3) is 0 Å². The van der Waals surface area contributed by atoms with Crippen molar-refractivity contribution >= 4 is 70.5 Å². The summed E-state index contributed by atoms with van der Waals surface area (Å²) in [5, 5.41) is 10.3. The topological polar surface area (TPSA) is 244 Å². The molecular formula is C54H63F3N6O12S3. The summed E-state index contributed by atoms with van der Waals surface area (Å²) in [5.41, 5.74) is 10.5. The number of fused-ring (bicyclic) bond motifs is 8. The van der Waals surface area contributed by atoms with E-state index in [1.54, 1.807) is 48.5 Å². The molecule has 5 heterocycles. The predicted octanol–water partition coefficient (Wildman–Crippen LogP) is 6.57. The Labute approximate surface area is 452 Å². The Balaban J connectivity index is 0.00000107. The third-order valence-corrected chi connectivity index (χ3v) is 16.5. The Morgan fingerprint density at radius 3 is 2.06 bits per heavy atom. The van der Waals surface area contributed by atoms with E-state index in [0.29, 0.717) is 62.8 Å². The van der Waals surface area contributed by atoms with Gasteiger partial charge in [0.2, 0.25) is 31.6 Å². The highest BCUT2D eigenvalue weighted by molar-refractivity contribution is 7.92. The number of carboxylic acid groups (broad SMARTS) is 1. The quantitative estimate of drug-likeness (QED) is 0.0468. The summed E-state index contributed by atoms with van der Waals surface area (Å²) in [5.74, 6) is -2.22. The van der Waals surface area contributed by atoms with Crippen molar-refractivity contribution in [3.63, 3.8) is 0 Å². The van der Waals surface area contributed by atoms with Crippen LogP contribution in [0.5, 0.6) is 5.75 Å². The van der Waals surface area contributed by atoms with Gasteiger partial charge in [-0.2, -0.15) is 17.7 Å². The van der Waals surface area contributed by atoms with Gasteiger partial charge in [0.05, 0.1) is 41.5 Å². The molecule has 1 amide bonds. The smallest absolute Gasteiger partial charge is 0.490 e. The lowest BCUT2D eigenvalue weighted by atomic mass is 9.74. The van der Waals surface area contributed by atoms with Gasteiger partial charge < -0.3 is 29.3 Å². The number of amides is 1. The highest BCUT2D eigenvalue weighted by Gasteiger charge is 2.54. The summed E-state index contributed by atoms with van der Waals surface area (Å²) >= 11 is 0. The highest BCUT2D eigenvalue weighted by Crippen LogP contribution is 2.54. The molecule has 0 bridgehead atoms. The van der Waals surface area contributed by atoms with Gasteiger partial charge >= 0.3 is 12.1 Å². The first-order chi connectivity index (χ1) is 36.4. The van der Waals surface area contributed by atoms with Gasteiger partial charge in [0.15, 0.2) is 12.3 Å². The Bertz CT molecular complexity index is 3440. The fraction of sp³-hybridized carbons (Fsp3) is 0.426. The number of aliphatic carboxylic acids is 1. The first-order valence-corrected chi connectivity index (χ1v) is 30.4. The monoisotopic (exact) mass is 1140 g/mol. The average molecular weight is 1140 g/mol. The number of ether oxygens (including phenoxy) is 2. The SMILES string of the molecule is CC1(C)C2=C3C=C4C5=[N+](CCC4OC3CCN2c2ccc(CC(=O)NCCCN(CCOc3ccc(NS(C)(=O)=O)cc3)CCc3ccc(NS(C)(=O)=O)cc3)cc21)c1ccc(S(=O)(=O)[O-])cc1C5(C)C.O=C(O)C(F)(F)F. The summed E-state index contributed by atoms with van der Waals surface area (Å²) in [6.07, 6.45) is 2.53. The number of alkyl halides is 3. The Morgan fingerprint density at radius 2 is 1.45 bits per heavy atom. The lowest BCUT2D eigenvalue weighted by Gasteiger charge is -2.42. The van der Waals surface area contributed by atoms with Crippen LogP contribution in [0.2, 0.25) is 0 Å². The van der Waals surface area contributed by atoms with E-state index in [0.717, 1.165) is 88.9 Å². The molecule has 5 aliphatic heterocycles. The third-order valence-electron chi connectivity index (χ3n) is 14.5. The molecule has 0 aliphatic carbocycles. The lowest BCUT2D eigenvalue weighted by molar-refractivity contribution is -0.445. The molecule has 24 heteroatoms. The standard InChI is InChI=1S/C52H62N6O10S3.C2HF3O2/c1-51(2)42-30-35(10-18-44(42)57-26-21-46-40(49(51)57)33-41-47(68-46)22-27-58-45-19-17-39(71(64,65)66)32-43(45)52(3,4)50(41)58)31-48(59)53-23-7-24-56(25-20-34-8-11-36(12-9-34)54-69(5,60)61)28-29-67-38-15-13-37(14-16-38)55-70(6,62)63;3-2(4,5)1(6)7/h8-19,30,32-33,46-47,54-55H,7,20-29,31H2,1-6H3,(H-,53,59,64,65,66);(H,6,7). The molecule has 9 rings (SSSR count). The summed E-state index contributed by atoms with van der Waals surface area (Å²) in [7, 11) is -11.4. The van der Waals surface area contributed by atoms with Gasteiger partial charge in [-0.3, -0.25) is 19.1 Å². The fourth-order valence-corrected chi connectivity index (χ4v) is 12.7. The minimum absolute atomic E-state index is 0.0671. The van der Waals surface area contributed by atoms with Crippen LogP contribution in [0.3, 0.4) is 0 Å². The van der Waals surface area contributed by atoms with Gasteiger partial charge in [-0.05, 0) is 117 Å². The van der Waals surface area contributed by atoms with Crippen molar-refractivity contribution in [3.05, 3.63) is 130 Å². The van der Waals surface area contributed by atoms with Crippen LogP contribution < -0.4 is 24.4 Å². The van der Waals surface area contributed by atoms with Crippen LogP contribution in [0, 0.1) is 0 Å². The van der Waals surface area contributed by atoms with E-state index in [1.165, 1.54) is 11.8 Å². The van der Waals surface area contributed by atoms with E-state index < -0.39 is 53.1 Å². The van der Waals surface area contributed by atoms with Crippen LogP contribution in [0.4, 0.5) is 35.9 Å². The molecule has 0 aromatic heterocycles. The summed E-state index contributed by atoms with van der Waals surface area (Å²) < 4.78 is 135. The Hall–Kier alpha value is -6.31. The number of allylic oxidation sites excluding steroid dienone is 1. The van der Waals surface area contributed by atoms with E-state index in [1.807, 2.05) is 18.2 Å². The molecule has 5 aliphatic rings. The number of carbonyl (C=O) groups is 2. The van der Waals surface area contributed by atoms with Crippen molar-refractivity contribution in [1.82, 2.24) is 10.2 Å². The second-order valence-electron chi connectivity index (χ2n) is 21.1. The maximum Gasteiger partial charge on any atom is 0.490 e. The van der Waals surface area contributed by atoms with Crippen molar-refractivity contribution in [3.8, 4) is 5.75 Å². The van der Waals surface area contributed by atoms with Crippen molar-refractivity contribution < 1.29 is 71.7 Å². The van der Waals surface area contributed by atoms with Crippen molar-refractivity contribution in [2.45, 2.75) is 93.9 Å². The molecule has 78 heavy (non-hydrogen) atoms. The summed E-state index contributed by atoms with van der Waals surface area (Å²) in [4.78, 5) is 26.9. The number of hydrogen-bond acceptors (Lipinski definition) is 13. The largest absolute Gasteiger partial charge is 0.744 e. The van der Waals surface area contributed by atoms with Gasteiger partial charge in [-0.1, -0.05) is 38.1 Å². The zero-order valence-corrected chi connectivity index (χ0v) is 46.4. The molecule has 0 radical (unpaired) electrons. The summed E-state index contributed by atoms with van der Waals surface area (Å²) in [6, 6.07) is 25.1. The van der Waals surface area contributed by atoms with Crippen molar-refractivity contribution in [1.29, 1.82) is 0 Å². The lowest BCUT2D eigenvalue weighted by Crippen LogP contribution is -2.47. The maximum absolute atomic E-state index is 13.5. The number of carboxylic acids is 1. The van der Waals surface area contributed by atoms with Crippen LogP contribution in [0.1, 0.15) is 69.2 Å². The van der Waals surface area contributed by atoms with Gasteiger partial charge in [0.1, 0.15) is 22.5 Å². The van der Waals surface area contributed by atoms with E-state index in [2.05, 4.69) is 75.0 Å². The minimum atomic E-state index is -5.08. The number of nitrogens with one attached hydrogen (secondary N) is 3. The van der Waals surface area contributed by atoms with E-state index >= 15 is 0 Å². The van der Waals surface area contributed by atoms with Crippen molar-refractivity contribution in [2.75, 3.05) is 72.7 Å². The molecule has 18 nitrogen and oxygen atoms in total. The molecule has 420 valence electrons. The molecule has 0 spiro atoms. The van der Waals surface area contributed by atoms with Crippen LogP contribution in [-0.4, -0.2) is 139 Å². The van der Waals surface area contributed by atoms with Crippen molar-refractivity contribution in [2.24, 2.45) is 0 Å². The predicted molar refractivity (Wildman–Crippen MR) is 288 cm³/mol. The normalized spacial score (nSPS) is 19.0. The number of sulfonamides is 2. The number of anilines is 3. The Kier molecular flexibility index (Phi) is 16.4. The molecule has 4 aromatic rings. The van der Waals surface area contributed by atoms with Gasteiger partial charge in [-0.25, -0.2) is 30.0 Å². The number of hydrogen-bond donors (Lipinski definition) is 4. The molecule has 0 fully saturated rings. The molecule has 2 atom stereocenters. The molecule has 2 unspecified atom stereocenters. The molecular weight excluding hydrogens is 1080 g/mol. The maximum atomic E-state index is 13.5. The Morgan fingerprint density at radius 1 is 0.821 bits per heavy atom.